The lowest BCUT2D eigenvalue weighted by Gasteiger charge is -2.16. The lowest BCUT2D eigenvalue weighted by atomic mass is 10.1. The smallest absolute Gasteiger partial charge is 0.266 e. The van der Waals surface area contributed by atoms with E-state index in [-0.39, 0.29) is 0 Å². The normalized spacial score (nSPS) is 16.1. The van der Waals surface area contributed by atoms with Crippen molar-refractivity contribution in [3.8, 4) is 11.5 Å². The maximum Gasteiger partial charge on any atom is 0.266 e. The van der Waals surface area contributed by atoms with Gasteiger partial charge >= 0.3 is 0 Å². The molecule has 1 aliphatic rings. The van der Waals surface area contributed by atoms with E-state index in [1.54, 1.807) is 0 Å². The lowest BCUT2D eigenvalue weighted by Crippen LogP contribution is -2.24. The van der Waals surface area contributed by atoms with Crippen LogP contribution in [0.3, 0.4) is 0 Å². The van der Waals surface area contributed by atoms with Crippen molar-refractivity contribution < 1.29 is 4.52 Å². The lowest BCUT2D eigenvalue weighted by molar-refractivity contribution is 0.429. The van der Waals surface area contributed by atoms with Gasteiger partial charge in [0.15, 0.2) is 0 Å². The van der Waals surface area contributed by atoms with Crippen molar-refractivity contribution in [1.29, 1.82) is 0 Å². The molecule has 5 heteroatoms. The van der Waals surface area contributed by atoms with Crippen LogP contribution in [0.15, 0.2) is 22.7 Å². The standard InChI is InChI=1S/C15H20N4O/c1-11-10-12(16)6-7-13(11)14-17-15(18-20-14)19-8-4-2-3-5-9-19/h6-7,10H,2-5,8-9,16H2,1H3. The van der Waals surface area contributed by atoms with Gasteiger partial charge in [-0.15, -0.1) is 0 Å². The Morgan fingerprint density at radius 3 is 2.60 bits per heavy atom. The van der Waals surface area contributed by atoms with Gasteiger partial charge in [-0.1, -0.05) is 12.8 Å². The Hall–Kier alpha value is -2.04. The molecule has 1 fully saturated rings. The topological polar surface area (TPSA) is 68.2 Å². The molecule has 0 amide bonds. The van der Waals surface area contributed by atoms with Gasteiger partial charge in [0.25, 0.3) is 11.8 Å². The van der Waals surface area contributed by atoms with E-state index in [1.165, 1.54) is 25.7 Å². The zero-order valence-corrected chi connectivity index (χ0v) is 11.8. The molecular weight excluding hydrogens is 252 g/mol. The van der Waals surface area contributed by atoms with Crippen molar-refractivity contribution in [3.05, 3.63) is 23.8 Å². The predicted octanol–water partition coefficient (Wildman–Crippen LogP) is 3.01. The van der Waals surface area contributed by atoms with Crippen LogP contribution in [0.2, 0.25) is 0 Å². The molecule has 0 atom stereocenters. The number of rotatable bonds is 2. The van der Waals surface area contributed by atoms with E-state index in [9.17, 15) is 0 Å². The highest BCUT2D eigenvalue weighted by molar-refractivity contribution is 5.63. The van der Waals surface area contributed by atoms with E-state index in [4.69, 9.17) is 10.3 Å². The van der Waals surface area contributed by atoms with Crippen LogP contribution in [0.1, 0.15) is 31.2 Å². The van der Waals surface area contributed by atoms with Gasteiger partial charge < -0.3 is 15.2 Å². The second-order valence-electron chi connectivity index (χ2n) is 5.38. The summed E-state index contributed by atoms with van der Waals surface area (Å²) in [7, 11) is 0. The zero-order valence-electron chi connectivity index (χ0n) is 11.8. The fraction of sp³-hybridized carbons (Fsp3) is 0.467. The molecule has 0 bridgehead atoms. The highest BCUT2D eigenvalue weighted by Gasteiger charge is 2.17. The average Bonchev–Trinajstić information content (AvgIpc) is 2.74. The summed E-state index contributed by atoms with van der Waals surface area (Å²) in [5, 5.41) is 4.13. The van der Waals surface area contributed by atoms with Gasteiger partial charge in [-0.2, -0.15) is 4.98 Å². The van der Waals surface area contributed by atoms with Crippen LogP contribution in [-0.2, 0) is 0 Å². The van der Waals surface area contributed by atoms with E-state index in [0.717, 1.165) is 29.9 Å². The van der Waals surface area contributed by atoms with Crippen molar-refractivity contribution in [2.24, 2.45) is 0 Å². The number of nitrogens with two attached hydrogens (primary N) is 1. The Labute approximate surface area is 118 Å². The van der Waals surface area contributed by atoms with E-state index < -0.39 is 0 Å². The molecule has 3 rings (SSSR count). The molecule has 0 unspecified atom stereocenters. The number of hydrogen-bond acceptors (Lipinski definition) is 5. The van der Waals surface area contributed by atoms with Gasteiger partial charge in [0.2, 0.25) is 0 Å². The third-order valence-electron chi connectivity index (χ3n) is 3.79. The first-order valence-electron chi connectivity index (χ1n) is 7.19. The first-order valence-corrected chi connectivity index (χ1v) is 7.19. The van der Waals surface area contributed by atoms with Crippen LogP contribution in [0.25, 0.3) is 11.5 Å². The SMILES string of the molecule is Cc1cc(N)ccc1-c1nc(N2CCCCCC2)no1. The summed E-state index contributed by atoms with van der Waals surface area (Å²) < 4.78 is 5.42. The van der Waals surface area contributed by atoms with Crippen molar-refractivity contribution >= 4 is 11.6 Å². The summed E-state index contributed by atoms with van der Waals surface area (Å²) >= 11 is 0. The van der Waals surface area contributed by atoms with Crippen molar-refractivity contribution in [2.75, 3.05) is 23.7 Å². The van der Waals surface area contributed by atoms with Crippen molar-refractivity contribution in [1.82, 2.24) is 10.1 Å². The minimum atomic E-state index is 0.571. The molecular formula is C15H20N4O. The molecule has 0 saturated carbocycles. The monoisotopic (exact) mass is 272 g/mol. The van der Waals surface area contributed by atoms with E-state index in [0.29, 0.717) is 11.8 Å². The van der Waals surface area contributed by atoms with Crippen LogP contribution in [0.5, 0.6) is 0 Å². The van der Waals surface area contributed by atoms with Crippen LogP contribution >= 0.6 is 0 Å². The fourth-order valence-electron chi connectivity index (χ4n) is 2.65. The molecule has 0 aliphatic carbocycles. The number of aromatic nitrogens is 2. The Bertz CT molecular complexity index is 585. The van der Waals surface area contributed by atoms with E-state index in [2.05, 4.69) is 15.0 Å². The predicted molar refractivity (Wildman–Crippen MR) is 79.6 cm³/mol. The van der Waals surface area contributed by atoms with E-state index >= 15 is 0 Å². The molecule has 1 aromatic carbocycles. The number of anilines is 2. The molecule has 1 saturated heterocycles. The fourth-order valence-corrected chi connectivity index (χ4v) is 2.65. The maximum atomic E-state index is 5.77. The van der Waals surface area contributed by atoms with E-state index in [1.807, 2.05) is 25.1 Å². The quantitative estimate of drug-likeness (QED) is 0.851. The Balaban J connectivity index is 1.85. The highest BCUT2D eigenvalue weighted by Crippen LogP contribution is 2.26. The second kappa shape index (κ2) is 5.53. The Kier molecular flexibility index (Phi) is 3.58. The number of benzene rings is 1. The third kappa shape index (κ3) is 2.61. The minimum Gasteiger partial charge on any atom is -0.399 e. The summed E-state index contributed by atoms with van der Waals surface area (Å²) in [6.45, 7) is 4.03. The minimum absolute atomic E-state index is 0.571. The molecule has 2 aromatic rings. The second-order valence-corrected chi connectivity index (χ2v) is 5.38. The Morgan fingerprint density at radius 2 is 1.90 bits per heavy atom. The highest BCUT2D eigenvalue weighted by atomic mass is 16.5. The molecule has 2 N–H and O–H groups in total. The average molecular weight is 272 g/mol. The van der Waals surface area contributed by atoms with Crippen molar-refractivity contribution in [2.45, 2.75) is 32.6 Å². The van der Waals surface area contributed by atoms with Crippen LogP contribution in [0.4, 0.5) is 11.6 Å². The number of nitrogens with zero attached hydrogens (tertiary/aromatic N) is 3. The molecule has 0 spiro atoms. The number of nitrogen functional groups attached to an aromatic ring is 1. The molecule has 1 aromatic heterocycles. The van der Waals surface area contributed by atoms with Gasteiger partial charge in [-0.25, -0.2) is 0 Å². The summed E-state index contributed by atoms with van der Waals surface area (Å²) in [5.41, 5.74) is 8.52. The van der Waals surface area contributed by atoms with Crippen LogP contribution in [0, 0.1) is 6.92 Å². The van der Waals surface area contributed by atoms with Crippen LogP contribution < -0.4 is 10.6 Å². The molecule has 20 heavy (non-hydrogen) atoms. The molecule has 2 heterocycles. The summed E-state index contributed by atoms with van der Waals surface area (Å²) in [6.07, 6.45) is 4.98. The van der Waals surface area contributed by atoms with Gasteiger partial charge in [-0.05, 0) is 48.7 Å². The van der Waals surface area contributed by atoms with Gasteiger partial charge in [0, 0.05) is 24.3 Å². The molecule has 106 valence electrons. The number of hydrogen-bond donors (Lipinski definition) is 1. The molecule has 1 aliphatic heterocycles. The first kappa shape index (κ1) is 13.0. The largest absolute Gasteiger partial charge is 0.399 e. The van der Waals surface area contributed by atoms with Crippen LogP contribution in [-0.4, -0.2) is 23.2 Å². The summed E-state index contributed by atoms with van der Waals surface area (Å²) in [5.74, 6) is 1.28. The number of aryl methyl sites for hydroxylation is 1. The third-order valence-corrected chi connectivity index (χ3v) is 3.79. The van der Waals surface area contributed by atoms with Gasteiger partial charge in [0.1, 0.15) is 0 Å². The van der Waals surface area contributed by atoms with Crippen molar-refractivity contribution in [3.63, 3.8) is 0 Å². The molecule has 0 radical (unpaired) electrons. The molecule has 5 nitrogen and oxygen atoms in total. The maximum absolute atomic E-state index is 5.77. The van der Waals surface area contributed by atoms with Gasteiger partial charge in [-0.3, -0.25) is 0 Å². The summed E-state index contributed by atoms with van der Waals surface area (Å²) in [4.78, 5) is 6.76. The zero-order chi connectivity index (χ0) is 13.9. The first-order chi connectivity index (χ1) is 9.74. The Morgan fingerprint density at radius 1 is 1.15 bits per heavy atom. The van der Waals surface area contributed by atoms with Gasteiger partial charge in [0.05, 0.1) is 0 Å². The summed E-state index contributed by atoms with van der Waals surface area (Å²) in [6, 6.07) is 5.72.